The van der Waals surface area contributed by atoms with Gasteiger partial charge >= 0.3 is 0 Å². The Morgan fingerprint density at radius 2 is 1.86 bits per heavy atom. The number of para-hydroxylation sites is 1. The van der Waals surface area contributed by atoms with Crippen LogP contribution in [-0.4, -0.2) is 6.54 Å². The molecule has 0 fully saturated rings. The highest BCUT2D eigenvalue weighted by Gasteiger charge is 2.17. The normalized spacial score (nSPS) is 12.7. The van der Waals surface area contributed by atoms with Gasteiger partial charge in [0, 0.05) is 8.96 Å². The second-order valence-electron chi connectivity index (χ2n) is 5.13. The van der Waals surface area contributed by atoms with Crippen molar-refractivity contribution in [1.82, 2.24) is 5.32 Å². The molecule has 0 amide bonds. The van der Waals surface area contributed by atoms with Gasteiger partial charge in [-0.15, -0.1) is 0 Å². The minimum Gasteiger partial charge on any atom is -0.459 e. The SMILES string of the molecule is CCCNC(c1ccc(I)cc1)c1cc2ccccc2o1. The molecule has 0 aliphatic carbocycles. The van der Waals surface area contributed by atoms with Gasteiger partial charge in [0.2, 0.25) is 0 Å². The van der Waals surface area contributed by atoms with Crippen LogP contribution in [0.25, 0.3) is 11.0 Å². The van der Waals surface area contributed by atoms with E-state index in [2.05, 4.69) is 71.2 Å². The molecule has 0 spiro atoms. The van der Waals surface area contributed by atoms with Gasteiger partial charge in [0.25, 0.3) is 0 Å². The van der Waals surface area contributed by atoms with Crippen molar-refractivity contribution < 1.29 is 4.42 Å². The monoisotopic (exact) mass is 391 g/mol. The fraction of sp³-hybridized carbons (Fsp3) is 0.222. The molecule has 0 radical (unpaired) electrons. The van der Waals surface area contributed by atoms with Crippen molar-refractivity contribution in [2.24, 2.45) is 0 Å². The van der Waals surface area contributed by atoms with Crippen molar-refractivity contribution in [3.8, 4) is 0 Å². The predicted octanol–water partition coefficient (Wildman–Crippen LogP) is 5.13. The highest BCUT2D eigenvalue weighted by molar-refractivity contribution is 14.1. The van der Waals surface area contributed by atoms with Gasteiger partial charge in [-0.05, 0) is 65.4 Å². The zero-order chi connectivity index (χ0) is 14.7. The summed E-state index contributed by atoms with van der Waals surface area (Å²) in [5.41, 5.74) is 2.18. The average molecular weight is 391 g/mol. The summed E-state index contributed by atoms with van der Waals surface area (Å²) in [4.78, 5) is 0. The van der Waals surface area contributed by atoms with E-state index < -0.39 is 0 Å². The molecule has 1 aromatic heterocycles. The number of furan rings is 1. The molecular weight excluding hydrogens is 373 g/mol. The van der Waals surface area contributed by atoms with Gasteiger partial charge in [0.1, 0.15) is 11.3 Å². The molecule has 0 saturated heterocycles. The molecule has 0 saturated carbocycles. The van der Waals surface area contributed by atoms with Crippen LogP contribution in [0.4, 0.5) is 0 Å². The van der Waals surface area contributed by atoms with Gasteiger partial charge in [-0.3, -0.25) is 0 Å². The van der Waals surface area contributed by atoms with E-state index in [0.717, 1.165) is 29.7 Å². The Bertz CT molecular complexity index is 684. The third-order valence-electron chi connectivity index (χ3n) is 3.53. The summed E-state index contributed by atoms with van der Waals surface area (Å²) < 4.78 is 7.29. The van der Waals surface area contributed by atoms with Crippen LogP contribution < -0.4 is 5.32 Å². The molecule has 3 rings (SSSR count). The van der Waals surface area contributed by atoms with Crippen LogP contribution in [0.15, 0.2) is 59.0 Å². The third kappa shape index (κ3) is 3.30. The molecule has 108 valence electrons. The van der Waals surface area contributed by atoms with E-state index in [1.165, 1.54) is 9.13 Å². The number of rotatable bonds is 5. The first-order valence-electron chi connectivity index (χ1n) is 7.25. The maximum absolute atomic E-state index is 6.05. The number of benzene rings is 2. The summed E-state index contributed by atoms with van der Waals surface area (Å²) in [5, 5.41) is 4.74. The summed E-state index contributed by atoms with van der Waals surface area (Å²) in [6.07, 6.45) is 1.10. The van der Waals surface area contributed by atoms with Crippen molar-refractivity contribution >= 4 is 33.6 Å². The van der Waals surface area contributed by atoms with Crippen molar-refractivity contribution in [3.05, 3.63) is 69.5 Å². The van der Waals surface area contributed by atoms with Crippen molar-refractivity contribution in [2.75, 3.05) is 6.54 Å². The lowest BCUT2D eigenvalue weighted by Crippen LogP contribution is -2.22. The van der Waals surface area contributed by atoms with Gasteiger partial charge in [-0.1, -0.05) is 37.3 Å². The van der Waals surface area contributed by atoms with E-state index in [-0.39, 0.29) is 6.04 Å². The lowest BCUT2D eigenvalue weighted by atomic mass is 10.0. The minimum atomic E-state index is 0.106. The topological polar surface area (TPSA) is 25.2 Å². The standard InChI is InChI=1S/C18H18INO/c1-2-11-20-18(13-7-9-15(19)10-8-13)17-12-14-5-3-4-6-16(14)21-17/h3-10,12,18,20H,2,11H2,1H3. The quantitative estimate of drug-likeness (QED) is 0.611. The molecule has 3 aromatic rings. The van der Waals surface area contributed by atoms with Gasteiger partial charge in [0.15, 0.2) is 0 Å². The van der Waals surface area contributed by atoms with Crippen LogP contribution >= 0.6 is 22.6 Å². The summed E-state index contributed by atoms with van der Waals surface area (Å²) in [7, 11) is 0. The number of hydrogen-bond acceptors (Lipinski definition) is 2. The van der Waals surface area contributed by atoms with Crippen LogP contribution in [0, 0.1) is 3.57 Å². The summed E-state index contributed by atoms with van der Waals surface area (Å²) in [5.74, 6) is 0.978. The van der Waals surface area contributed by atoms with Crippen LogP contribution in [0.2, 0.25) is 0 Å². The molecule has 1 N–H and O–H groups in total. The molecule has 21 heavy (non-hydrogen) atoms. The Kier molecular flexibility index (Phi) is 4.60. The second kappa shape index (κ2) is 6.62. The molecule has 1 atom stereocenters. The number of nitrogens with one attached hydrogen (secondary N) is 1. The lowest BCUT2D eigenvalue weighted by Gasteiger charge is -2.16. The second-order valence-corrected chi connectivity index (χ2v) is 6.37. The van der Waals surface area contributed by atoms with Crippen molar-refractivity contribution in [1.29, 1.82) is 0 Å². The van der Waals surface area contributed by atoms with E-state index in [0.29, 0.717) is 0 Å². The van der Waals surface area contributed by atoms with Crippen LogP contribution in [0.3, 0.4) is 0 Å². The number of halogens is 1. The van der Waals surface area contributed by atoms with Crippen molar-refractivity contribution in [2.45, 2.75) is 19.4 Å². The Hall–Kier alpha value is -1.33. The molecular formula is C18H18INO. The first-order valence-corrected chi connectivity index (χ1v) is 8.33. The Morgan fingerprint density at radius 3 is 2.57 bits per heavy atom. The highest BCUT2D eigenvalue weighted by atomic mass is 127. The smallest absolute Gasteiger partial charge is 0.134 e. The fourth-order valence-electron chi connectivity index (χ4n) is 2.47. The predicted molar refractivity (Wildman–Crippen MR) is 95.5 cm³/mol. The molecule has 1 heterocycles. The molecule has 0 bridgehead atoms. The molecule has 2 nitrogen and oxygen atoms in total. The van der Waals surface area contributed by atoms with Gasteiger partial charge < -0.3 is 9.73 Å². The van der Waals surface area contributed by atoms with E-state index >= 15 is 0 Å². The van der Waals surface area contributed by atoms with Crippen LogP contribution in [0.1, 0.15) is 30.7 Å². The van der Waals surface area contributed by atoms with Crippen LogP contribution in [0.5, 0.6) is 0 Å². The maximum atomic E-state index is 6.05. The van der Waals surface area contributed by atoms with Gasteiger partial charge in [0.05, 0.1) is 6.04 Å². The molecule has 0 aliphatic heterocycles. The van der Waals surface area contributed by atoms with E-state index in [9.17, 15) is 0 Å². The van der Waals surface area contributed by atoms with Gasteiger partial charge in [-0.25, -0.2) is 0 Å². The average Bonchev–Trinajstić information content (AvgIpc) is 2.93. The Labute approximate surface area is 138 Å². The summed E-state index contributed by atoms with van der Waals surface area (Å²) in [6, 6.07) is 19.0. The fourth-order valence-corrected chi connectivity index (χ4v) is 2.83. The zero-order valence-electron chi connectivity index (χ0n) is 12.0. The van der Waals surface area contributed by atoms with E-state index in [4.69, 9.17) is 4.42 Å². The summed E-state index contributed by atoms with van der Waals surface area (Å²) in [6.45, 7) is 3.14. The molecule has 1 unspecified atom stereocenters. The minimum absolute atomic E-state index is 0.106. The number of hydrogen-bond donors (Lipinski definition) is 1. The number of fused-ring (bicyclic) bond motifs is 1. The van der Waals surface area contributed by atoms with E-state index in [1.807, 2.05) is 18.2 Å². The lowest BCUT2D eigenvalue weighted by molar-refractivity contribution is 0.469. The Morgan fingerprint density at radius 1 is 1.10 bits per heavy atom. The molecule has 2 aromatic carbocycles. The first-order chi connectivity index (χ1) is 10.3. The Balaban J connectivity index is 1.99. The maximum Gasteiger partial charge on any atom is 0.134 e. The molecule has 3 heteroatoms. The molecule has 0 aliphatic rings. The largest absolute Gasteiger partial charge is 0.459 e. The first kappa shape index (κ1) is 14.6. The zero-order valence-corrected chi connectivity index (χ0v) is 14.1. The third-order valence-corrected chi connectivity index (χ3v) is 4.25. The summed E-state index contributed by atoms with van der Waals surface area (Å²) >= 11 is 2.33. The van der Waals surface area contributed by atoms with E-state index in [1.54, 1.807) is 0 Å². The van der Waals surface area contributed by atoms with Gasteiger partial charge in [-0.2, -0.15) is 0 Å². The van der Waals surface area contributed by atoms with Crippen LogP contribution in [-0.2, 0) is 0 Å². The highest BCUT2D eigenvalue weighted by Crippen LogP contribution is 2.28. The van der Waals surface area contributed by atoms with Crippen molar-refractivity contribution in [3.63, 3.8) is 0 Å².